The molecule has 7 heteroatoms. The minimum Gasteiger partial charge on any atom is -0.488 e. The van der Waals surface area contributed by atoms with E-state index in [9.17, 15) is 14.7 Å². The zero-order valence-electron chi connectivity index (χ0n) is 29.5. The molecule has 1 saturated carbocycles. The van der Waals surface area contributed by atoms with Crippen LogP contribution in [0.25, 0.3) is 38.6 Å². The van der Waals surface area contributed by atoms with Crippen molar-refractivity contribution in [1.82, 2.24) is 0 Å². The fourth-order valence-corrected chi connectivity index (χ4v) is 7.98. The van der Waals surface area contributed by atoms with Gasteiger partial charge in [-0.15, -0.1) is 0 Å². The van der Waals surface area contributed by atoms with Gasteiger partial charge in [0.15, 0.2) is 0 Å². The molecule has 1 N–H and O–H groups in total. The first-order chi connectivity index (χ1) is 23.6. The van der Waals surface area contributed by atoms with Gasteiger partial charge in [-0.2, -0.15) is 0 Å². The Morgan fingerprint density at radius 1 is 0.880 bits per heavy atom. The molecule has 258 valence electrons. The second kappa shape index (κ2) is 12.6. The molecular weight excluding hydrogens is 628 g/mol. The smallest absolute Gasteiger partial charge is 0.344 e. The van der Waals surface area contributed by atoms with Crippen LogP contribution in [-0.2, 0) is 0 Å². The maximum absolute atomic E-state index is 12.9. The zero-order chi connectivity index (χ0) is 36.1. The van der Waals surface area contributed by atoms with Crippen molar-refractivity contribution >= 4 is 27.5 Å². The van der Waals surface area contributed by atoms with Gasteiger partial charge in [0.1, 0.15) is 33.9 Å². The molecule has 1 aliphatic rings. The Morgan fingerprint density at radius 2 is 1.50 bits per heavy atom. The lowest BCUT2D eigenvalue weighted by Crippen LogP contribution is -2.53. The number of allylic oxidation sites excluding steroid dienone is 4. The van der Waals surface area contributed by atoms with Gasteiger partial charge in [-0.25, -0.2) is 9.59 Å². The summed E-state index contributed by atoms with van der Waals surface area (Å²) in [7, 11) is 0. The maximum atomic E-state index is 12.9. The van der Waals surface area contributed by atoms with Crippen LogP contribution < -0.4 is 20.7 Å². The van der Waals surface area contributed by atoms with Crippen molar-refractivity contribution < 1.29 is 23.4 Å². The van der Waals surface area contributed by atoms with Crippen molar-refractivity contribution in [2.75, 3.05) is 0 Å². The molecule has 0 saturated heterocycles. The Labute approximate surface area is 292 Å². The van der Waals surface area contributed by atoms with Gasteiger partial charge in [-0.1, -0.05) is 82.5 Å². The second-order valence-corrected chi connectivity index (χ2v) is 15.1. The maximum Gasteiger partial charge on any atom is 0.344 e. The van der Waals surface area contributed by atoms with Crippen LogP contribution in [0.4, 0.5) is 0 Å². The second-order valence-electron chi connectivity index (χ2n) is 15.1. The van der Waals surface area contributed by atoms with Crippen molar-refractivity contribution in [3.8, 4) is 22.6 Å². The van der Waals surface area contributed by atoms with E-state index in [-0.39, 0.29) is 0 Å². The van der Waals surface area contributed by atoms with Crippen LogP contribution in [0.2, 0.25) is 0 Å². The van der Waals surface area contributed by atoms with E-state index < -0.39 is 39.4 Å². The van der Waals surface area contributed by atoms with Gasteiger partial charge in [0.25, 0.3) is 0 Å². The molecule has 2 aromatic heterocycles. The van der Waals surface area contributed by atoms with Gasteiger partial charge < -0.3 is 23.4 Å². The number of rotatable bonds is 10. The number of ether oxygens (including phenoxy) is 2. The molecule has 50 heavy (non-hydrogen) atoms. The molecule has 2 heterocycles. The highest BCUT2D eigenvalue weighted by Crippen LogP contribution is 2.60. The summed E-state index contributed by atoms with van der Waals surface area (Å²) in [5, 5.41) is 13.4. The lowest BCUT2D eigenvalue weighted by molar-refractivity contribution is -0.105. The number of fused-ring (bicyclic) bond motifs is 2. The largest absolute Gasteiger partial charge is 0.488 e. The molecule has 7 nitrogen and oxygen atoms in total. The first-order valence-electron chi connectivity index (χ1n) is 16.8. The summed E-state index contributed by atoms with van der Waals surface area (Å²) in [6.45, 7) is 19.6. The molecular formula is C43H44O7. The summed E-state index contributed by atoms with van der Waals surface area (Å²) < 4.78 is 24.9. The molecule has 0 bridgehead atoms. The molecule has 1 fully saturated rings. The van der Waals surface area contributed by atoms with Crippen LogP contribution in [0, 0.1) is 10.8 Å². The zero-order valence-corrected chi connectivity index (χ0v) is 29.5. The summed E-state index contributed by atoms with van der Waals surface area (Å²) in [5.41, 5.74) is -0.631. The van der Waals surface area contributed by atoms with Crippen molar-refractivity contribution in [3.63, 3.8) is 0 Å². The van der Waals surface area contributed by atoms with Gasteiger partial charge >= 0.3 is 11.3 Å². The van der Waals surface area contributed by atoms with E-state index in [1.807, 2.05) is 102 Å². The average Bonchev–Trinajstić information content (AvgIpc) is 3.18. The highest BCUT2D eigenvalue weighted by Gasteiger charge is 2.65. The quantitative estimate of drug-likeness (QED) is 0.117. The molecule has 3 atom stereocenters. The molecule has 1 aliphatic carbocycles. The van der Waals surface area contributed by atoms with Crippen molar-refractivity contribution in [1.29, 1.82) is 0 Å². The number of aliphatic hydroxyl groups excluding tert-OH is 1. The lowest BCUT2D eigenvalue weighted by atomic mass is 9.68. The number of benzene rings is 3. The average molecular weight is 673 g/mol. The van der Waals surface area contributed by atoms with E-state index in [1.54, 1.807) is 36.4 Å². The lowest BCUT2D eigenvalue weighted by Gasteiger charge is -2.46. The standard InChI is InChI=1S/C43H44O7/c1-9-14-27(10-2)33-21-29-18-20-32(24-36(29)47-37(33)44)50-43(8)25-40(3,4)39(46)42(43,7)26-41(5,6)49-31-19-17-30-22-34(28-15-12-11-13-16-28)38(45)48-35(30)23-31/h9-24,39,46H,1-2,25-26H2,3-8H3/b27-14+. The Morgan fingerprint density at radius 3 is 2.16 bits per heavy atom. The van der Waals surface area contributed by atoms with Gasteiger partial charge in [0.2, 0.25) is 0 Å². The van der Waals surface area contributed by atoms with Crippen molar-refractivity contribution in [3.05, 3.63) is 137 Å². The predicted octanol–water partition coefficient (Wildman–Crippen LogP) is 9.50. The first-order valence-corrected chi connectivity index (χ1v) is 16.8. The molecule has 3 aromatic carbocycles. The number of hydrogen-bond donors (Lipinski definition) is 1. The normalized spacial score (nSPS) is 22.1. The third-order valence-electron chi connectivity index (χ3n) is 10.2. The van der Waals surface area contributed by atoms with Crippen LogP contribution >= 0.6 is 0 Å². The Kier molecular flexibility index (Phi) is 8.77. The summed E-state index contributed by atoms with van der Waals surface area (Å²) in [4.78, 5) is 25.8. The van der Waals surface area contributed by atoms with Gasteiger partial charge in [0.05, 0.1) is 17.2 Å². The predicted molar refractivity (Wildman–Crippen MR) is 200 cm³/mol. The minimum absolute atomic E-state index is 0.392. The molecule has 0 amide bonds. The van der Waals surface area contributed by atoms with Crippen LogP contribution in [0.5, 0.6) is 11.5 Å². The molecule has 5 aromatic rings. The van der Waals surface area contributed by atoms with Crippen LogP contribution in [0.15, 0.2) is 129 Å². The monoisotopic (exact) mass is 672 g/mol. The van der Waals surface area contributed by atoms with Crippen LogP contribution in [-0.4, -0.2) is 22.4 Å². The summed E-state index contributed by atoms with van der Waals surface area (Å²) >= 11 is 0. The van der Waals surface area contributed by atoms with E-state index >= 15 is 0 Å². The third-order valence-corrected chi connectivity index (χ3v) is 10.2. The van der Waals surface area contributed by atoms with Crippen molar-refractivity contribution in [2.45, 2.75) is 71.7 Å². The van der Waals surface area contributed by atoms with Crippen LogP contribution in [0.1, 0.15) is 59.9 Å². The summed E-state index contributed by atoms with van der Waals surface area (Å²) in [5.74, 6) is 1.07. The molecule has 3 unspecified atom stereocenters. The van der Waals surface area contributed by atoms with Gasteiger partial charge in [0, 0.05) is 28.3 Å². The third kappa shape index (κ3) is 6.34. The minimum atomic E-state index is -0.836. The van der Waals surface area contributed by atoms with Gasteiger partial charge in [-0.3, -0.25) is 0 Å². The first kappa shape index (κ1) is 34.7. The molecule has 0 radical (unpaired) electrons. The van der Waals surface area contributed by atoms with E-state index in [2.05, 4.69) is 13.2 Å². The fraction of sp³-hybridized carbons (Fsp3) is 0.302. The SMILES string of the molecule is C=C/C=C(\C=C)c1cc2ccc(OC3(C)CC(C)(C)C(O)C3(C)CC(C)(C)Oc3ccc4cc(-c5ccccc5)c(=O)oc4c3)cc2oc1=O. The Bertz CT molecular complexity index is 2260. The van der Waals surface area contributed by atoms with E-state index in [0.29, 0.717) is 52.2 Å². The van der Waals surface area contributed by atoms with Crippen LogP contribution in [0.3, 0.4) is 0 Å². The Balaban J connectivity index is 1.28. The van der Waals surface area contributed by atoms with Gasteiger partial charge in [-0.05, 0) is 86.6 Å². The van der Waals surface area contributed by atoms with Crippen molar-refractivity contribution in [2.24, 2.45) is 10.8 Å². The highest BCUT2D eigenvalue weighted by molar-refractivity contribution is 5.84. The Hall–Kier alpha value is -5.14. The topological polar surface area (TPSA) is 99.1 Å². The number of aliphatic hydroxyl groups is 1. The molecule has 6 rings (SSSR count). The van der Waals surface area contributed by atoms with E-state index in [4.69, 9.17) is 18.3 Å². The summed E-state index contributed by atoms with van der Waals surface area (Å²) in [6.07, 6.45) is 5.17. The highest BCUT2D eigenvalue weighted by atomic mass is 16.5. The van der Waals surface area contributed by atoms with E-state index in [0.717, 1.165) is 16.3 Å². The number of hydrogen-bond acceptors (Lipinski definition) is 7. The van der Waals surface area contributed by atoms with E-state index in [1.165, 1.54) is 0 Å². The molecule has 0 aliphatic heterocycles. The summed E-state index contributed by atoms with van der Waals surface area (Å²) in [6, 6.07) is 24.0. The fourth-order valence-electron chi connectivity index (χ4n) is 7.98. The molecule has 0 spiro atoms.